The van der Waals surface area contributed by atoms with Gasteiger partial charge in [-0.1, -0.05) is 29.8 Å². The molecule has 3 N–H and O–H groups in total. The first kappa shape index (κ1) is 29.5. The fourth-order valence-electron chi connectivity index (χ4n) is 4.63. The number of fused-ring (bicyclic) bond motifs is 1. The summed E-state index contributed by atoms with van der Waals surface area (Å²) in [6, 6.07) is 9.00. The first-order valence-electron chi connectivity index (χ1n) is 13.0. The molecule has 1 unspecified atom stereocenters. The van der Waals surface area contributed by atoms with E-state index < -0.39 is 6.10 Å². The Morgan fingerprint density at radius 3 is 2.43 bits per heavy atom. The van der Waals surface area contributed by atoms with E-state index in [1.807, 2.05) is 18.2 Å². The summed E-state index contributed by atoms with van der Waals surface area (Å²) in [5, 5.41) is 17.5. The predicted molar refractivity (Wildman–Crippen MR) is 164 cm³/mol. The number of oxazole rings is 1. The average Bonchev–Trinajstić information content (AvgIpc) is 3.42. The highest BCUT2D eigenvalue weighted by Crippen LogP contribution is 2.45. The summed E-state index contributed by atoms with van der Waals surface area (Å²) in [5.74, 6) is 0.609. The van der Waals surface area contributed by atoms with Gasteiger partial charge in [0, 0.05) is 49.6 Å². The van der Waals surface area contributed by atoms with E-state index in [1.165, 1.54) is 32.6 Å². The topological polar surface area (TPSA) is 125 Å². The van der Waals surface area contributed by atoms with E-state index in [9.17, 15) is 9.90 Å². The number of piperazine rings is 1. The number of nitrogens with zero attached hydrogens (tertiary/aromatic N) is 4. The van der Waals surface area contributed by atoms with Crippen LogP contribution in [-0.4, -0.2) is 73.3 Å². The molecule has 1 atom stereocenters. The maximum atomic E-state index is 12.2. The fourth-order valence-corrected chi connectivity index (χ4v) is 5.34. The van der Waals surface area contributed by atoms with Crippen molar-refractivity contribution in [2.24, 2.45) is 0 Å². The van der Waals surface area contributed by atoms with Crippen LogP contribution >= 0.6 is 23.2 Å². The third-order valence-electron chi connectivity index (χ3n) is 6.98. The van der Waals surface area contributed by atoms with Crippen LogP contribution in [0.2, 0.25) is 10.0 Å². The molecule has 1 aliphatic heterocycles. The molecule has 1 amide bonds. The molecule has 0 bridgehead atoms. The van der Waals surface area contributed by atoms with Crippen LogP contribution in [0.15, 0.2) is 53.6 Å². The molecule has 5 rings (SSSR count). The van der Waals surface area contributed by atoms with Crippen molar-refractivity contribution in [3.63, 3.8) is 0 Å². The van der Waals surface area contributed by atoms with Gasteiger partial charge in [0.25, 0.3) is 0 Å². The van der Waals surface area contributed by atoms with E-state index in [4.69, 9.17) is 37.1 Å². The summed E-state index contributed by atoms with van der Waals surface area (Å²) in [5.41, 5.74) is 3.09. The minimum absolute atomic E-state index is 0.0430. The number of halogens is 2. The summed E-state index contributed by atoms with van der Waals surface area (Å²) >= 11 is 12.9. The second-order valence-corrected chi connectivity index (χ2v) is 10.4. The SMILES string of the molecule is C=CC(=O)Nc1cc(N2CCN(C)CC2)ccc1Nc1cc2nc(C(O)c3c(Cl)c(OC)cc(OC)c3Cl)oc2cn1. The molecule has 0 radical (unpaired) electrons. The second kappa shape index (κ2) is 12.5. The number of likely N-dealkylation sites (N-methyl/N-ethyl adjacent to an activating group) is 1. The smallest absolute Gasteiger partial charge is 0.247 e. The van der Waals surface area contributed by atoms with E-state index >= 15 is 0 Å². The molecule has 2 aromatic heterocycles. The maximum Gasteiger partial charge on any atom is 0.247 e. The number of aliphatic hydroxyl groups excluding tert-OH is 1. The first-order valence-corrected chi connectivity index (χ1v) is 13.8. The number of hydrogen-bond donors (Lipinski definition) is 3. The van der Waals surface area contributed by atoms with Gasteiger partial charge in [0.1, 0.15) is 22.8 Å². The molecule has 2 aromatic carbocycles. The van der Waals surface area contributed by atoms with E-state index in [0.29, 0.717) is 28.3 Å². The van der Waals surface area contributed by atoms with Gasteiger partial charge < -0.3 is 39.4 Å². The number of anilines is 4. The fraction of sp³-hybridized carbons (Fsp3) is 0.276. The van der Waals surface area contributed by atoms with Crippen molar-refractivity contribution in [1.82, 2.24) is 14.9 Å². The lowest BCUT2D eigenvalue weighted by Gasteiger charge is -2.34. The lowest BCUT2D eigenvalue weighted by molar-refractivity contribution is -0.111. The molecule has 42 heavy (non-hydrogen) atoms. The van der Waals surface area contributed by atoms with Crippen LogP contribution in [-0.2, 0) is 4.79 Å². The van der Waals surface area contributed by atoms with E-state index in [1.54, 1.807) is 6.07 Å². The minimum Gasteiger partial charge on any atom is -0.495 e. The highest BCUT2D eigenvalue weighted by Gasteiger charge is 2.28. The van der Waals surface area contributed by atoms with Gasteiger partial charge in [-0.3, -0.25) is 4.79 Å². The number of methoxy groups -OCH3 is 2. The Labute approximate surface area is 252 Å². The number of carbonyl (C=O) groups excluding carboxylic acids is 1. The zero-order valence-corrected chi connectivity index (χ0v) is 24.8. The van der Waals surface area contributed by atoms with E-state index in [2.05, 4.69) is 44.0 Å². The quantitative estimate of drug-likeness (QED) is 0.216. The Bertz CT molecular complexity index is 1610. The second-order valence-electron chi connectivity index (χ2n) is 9.65. The summed E-state index contributed by atoms with van der Waals surface area (Å²) in [7, 11) is 4.99. The average molecular weight is 614 g/mol. The van der Waals surface area contributed by atoms with Crippen molar-refractivity contribution in [2.45, 2.75) is 6.10 Å². The number of hydrogen-bond acceptors (Lipinski definition) is 10. The van der Waals surface area contributed by atoms with Crippen LogP contribution in [0, 0.1) is 0 Å². The lowest BCUT2D eigenvalue weighted by Crippen LogP contribution is -2.44. The number of rotatable bonds is 9. The number of pyridine rings is 1. The monoisotopic (exact) mass is 612 g/mol. The van der Waals surface area contributed by atoms with Crippen molar-refractivity contribution in [3.8, 4) is 11.5 Å². The maximum absolute atomic E-state index is 12.2. The zero-order valence-electron chi connectivity index (χ0n) is 23.3. The number of amides is 1. The third-order valence-corrected chi connectivity index (χ3v) is 7.76. The zero-order chi connectivity index (χ0) is 30.0. The van der Waals surface area contributed by atoms with Crippen molar-refractivity contribution in [1.29, 1.82) is 0 Å². The lowest BCUT2D eigenvalue weighted by atomic mass is 10.1. The van der Waals surface area contributed by atoms with Crippen molar-refractivity contribution >= 4 is 63.1 Å². The van der Waals surface area contributed by atoms with Gasteiger partial charge in [-0.15, -0.1) is 0 Å². The Balaban J connectivity index is 1.44. The van der Waals surface area contributed by atoms with Crippen LogP contribution < -0.4 is 25.0 Å². The van der Waals surface area contributed by atoms with Crippen molar-refractivity contribution in [3.05, 3.63) is 70.7 Å². The molecule has 13 heteroatoms. The first-order chi connectivity index (χ1) is 20.2. The van der Waals surface area contributed by atoms with Crippen molar-refractivity contribution in [2.75, 3.05) is 63.0 Å². The molecular weight excluding hydrogens is 583 g/mol. The van der Waals surface area contributed by atoms with Gasteiger partial charge in [-0.25, -0.2) is 9.97 Å². The number of benzene rings is 2. The molecule has 3 heterocycles. The number of ether oxygens (including phenoxy) is 2. The molecule has 1 saturated heterocycles. The molecule has 220 valence electrons. The molecule has 11 nitrogen and oxygen atoms in total. The molecule has 0 saturated carbocycles. The largest absolute Gasteiger partial charge is 0.495 e. The molecule has 1 fully saturated rings. The Hall–Kier alpha value is -4.03. The van der Waals surface area contributed by atoms with Gasteiger partial charge in [0.05, 0.1) is 41.8 Å². The molecule has 1 aliphatic rings. The van der Waals surface area contributed by atoms with Crippen LogP contribution in [0.1, 0.15) is 17.6 Å². The standard InChI is InChI=1S/C29H30Cl2N6O5/c1-5-24(38)34-18-12-16(37-10-8-36(2)9-11-37)6-7-17(18)33-23-13-19-22(15-32-23)42-29(35-19)28(39)25-26(30)20(40-3)14-21(41-4)27(25)31/h5-7,12-15,28,39H,1,8-11H2,2-4H3,(H,32,33)(H,34,38). The van der Waals surface area contributed by atoms with Gasteiger partial charge in [0.2, 0.25) is 11.8 Å². The molecule has 0 spiro atoms. The van der Waals surface area contributed by atoms with Crippen LogP contribution in [0.25, 0.3) is 11.1 Å². The summed E-state index contributed by atoms with van der Waals surface area (Å²) in [4.78, 5) is 25.7. The Kier molecular flexibility index (Phi) is 8.74. The Morgan fingerprint density at radius 2 is 1.79 bits per heavy atom. The Morgan fingerprint density at radius 1 is 1.10 bits per heavy atom. The van der Waals surface area contributed by atoms with Crippen LogP contribution in [0.4, 0.5) is 22.9 Å². The molecule has 0 aliphatic carbocycles. The van der Waals surface area contributed by atoms with Gasteiger partial charge in [0.15, 0.2) is 11.7 Å². The minimum atomic E-state index is -1.42. The molecule has 4 aromatic rings. The third kappa shape index (κ3) is 5.95. The van der Waals surface area contributed by atoms with E-state index in [0.717, 1.165) is 31.9 Å². The van der Waals surface area contributed by atoms with E-state index in [-0.39, 0.29) is 38.9 Å². The highest BCUT2D eigenvalue weighted by molar-refractivity contribution is 6.38. The summed E-state index contributed by atoms with van der Waals surface area (Å²) < 4.78 is 16.4. The number of aliphatic hydroxyl groups is 1. The summed E-state index contributed by atoms with van der Waals surface area (Å²) in [6.45, 7) is 7.24. The number of aromatic nitrogens is 2. The summed E-state index contributed by atoms with van der Waals surface area (Å²) in [6.07, 6.45) is 1.28. The normalized spacial score (nSPS) is 14.5. The van der Waals surface area contributed by atoms with Crippen LogP contribution in [0.5, 0.6) is 11.5 Å². The highest BCUT2D eigenvalue weighted by atomic mass is 35.5. The van der Waals surface area contributed by atoms with Gasteiger partial charge in [-0.2, -0.15) is 0 Å². The van der Waals surface area contributed by atoms with Gasteiger partial charge in [-0.05, 0) is 31.3 Å². The predicted octanol–water partition coefficient (Wildman–Crippen LogP) is 5.25. The van der Waals surface area contributed by atoms with Crippen molar-refractivity contribution < 1.29 is 23.8 Å². The number of carbonyl (C=O) groups is 1. The number of nitrogens with one attached hydrogen (secondary N) is 2. The molecular formula is C29H30Cl2N6O5. The van der Waals surface area contributed by atoms with Crippen LogP contribution in [0.3, 0.4) is 0 Å². The van der Waals surface area contributed by atoms with Gasteiger partial charge >= 0.3 is 0 Å².